The van der Waals surface area contributed by atoms with Crippen LogP contribution in [0.5, 0.6) is 0 Å². The van der Waals surface area contributed by atoms with Crippen LogP contribution in [0.25, 0.3) is 10.9 Å². The van der Waals surface area contributed by atoms with Crippen molar-refractivity contribution in [1.82, 2.24) is 15.6 Å². The molecule has 74 valence electrons. The summed E-state index contributed by atoms with van der Waals surface area (Å²) in [6.07, 6.45) is 0. The van der Waals surface area contributed by atoms with Crippen LogP contribution in [-0.2, 0) is 0 Å². The van der Waals surface area contributed by atoms with Crippen molar-refractivity contribution in [2.24, 2.45) is 0 Å². The standard InChI is InChI=1S/C6H19N6/c1-7-11(6)12(8-2,9-3)10(4)5/h8H,1-6H3/q-1. The molecule has 0 saturated heterocycles. The minimum Gasteiger partial charge on any atom is -0.545 e. The van der Waals surface area contributed by atoms with Gasteiger partial charge < -0.3 is 10.9 Å². The van der Waals surface area contributed by atoms with Crippen molar-refractivity contribution in [1.29, 1.82) is 0 Å². The van der Waals surface area contributed by atoms with Gasteiger partial charge in [0.25, 0.3) is 0 Å². The summed E-state index contributed by atoms with van der Waals surface area (Å²) in [7, 11) is 11.0. The molecule has 12 heavy (non-hydrogen) atoms. The van der Waals surface area contributed by atoms with E-state index in [2.05, 4.69) is 16.3 Å². The topological polar surface area (TPSA) is 46.7 Å². The van der Waals surface area contributed by atoms with Gasteiger partial charge in [-0.05, 0) is 0 Å². The molecule has 0 aliphatic rings. The molecular weight excluding hydrogens is 156 g/mol. The lowest BCUT2D eigenvalue weighted by molar-refractivity contribution is -1.12. The summed E-state index contributed by atoms with van der Waals surface area (Å²) in [5.41, 5.74) is 11.3. The molecule has 0 rings (SSSR count). The molecule has 0 aliphatic carbocycles. The Hall–Kier alpha value is -0.240. The zero-order valence-corrected chi connectivity index (χ0v) is 8.74. The Kier molecular flexibility index (Phi) is 4.61. The van der Waals surface area contributed by atoms with Crippen molar-refractivity contribution in [3.8, 4) is 0 Å². The molecule has 1 N–H and O–H groups in total. The molecule has 0 radical (unpaired) electrons. The van der Waals surface area contributed by atoms with Gasteiger partial charge in [-0.3, -0.25) is 0 Å². The maximum Gasteiger partial charge on any atom is 0.0393 e. The first-order chi connectivity index (χ1) is 5.55. The van der Waals surface area contributed by atoms with E-state index in [0.717, 1.165) is 0 Å². The maximum absolute atomic E-state index is 4.19. The van der Waals surface area contributed by atoms with Crippen LogP contribution in [0.3, 0.4) is 0 Å². The predicted molar refractivity (Wildman–Crippen MR) is 49.3 cm³/mol. The van der Waals surface area contributed by atoms with E-state index < -0.39 is 0 Å². The largest absolute Gasteiger partial charge is 0.545 e. The summed E-state index contributed by atoms with van der Waals surface area (Å²) in [6.45, 7) is 0. The second kappa shape index (κ2) is 4.70. The van der Waals surface area contributed by atoms with Gasteiger partial charge in [0.05, 0.1) is 0 Å². The Morgan fingerprint density at radius 1 is 1.17 bits per heavy atom. The third-order valence-electron chi connectivity index (χ3n) is 1.83. The Morgan fingerprint density at radius 2 is 1.67 bits per heavy atom. The molecular formula is C6H19N6-. The van der Waals surface area contributed by atoms with Crippen LogP contribution >= 0.6 is 0 Å². The molecule has 1 atom stereocenters. The zero-order valence-electron chi connectivity index (χ0n) is 8.74. The highest BCUT2D eigenvalue weighted by molar-refractivity contribution is 4.57. The number of quaternary nitrogens is 1. The van der Waals surface area contributed by atoms with Crippen molar-refractivity contribution >= 4 is 0 Å². The predicted octanol–water partition coefficient (Wildman–Crippen LogP) is 0.0980. The first-order valence-corrected chi connectivity index (χ1v) is 3.76. The fourth-order valence-corrected chi connectivity index (χ4v) is 1.14. The molecule has 6 heteroatoms. The summed E-state index contributed by atoms with van der Waals surface area (Å²) in [4.78, 5) is 0.149. The average molecular weight is 175 g/mol. The molecule has 0 saturated carbocycles. The van der Waals surface area contributed by atoms with E-state index in [4.69, 9.17) is 0 Å². The van der Waals surface area contributed by atoms with Crippen LogP contribution < -0.4 is 5.43 Å². The van der Waals surface area contributed by atoms with E-state index in [0.29, 0.717) is 0 Å². The second-order valence-corrected chi connectivity index (χ2v) is 2.53. The lowest BCUT2D eigenvalue weighted by Gasteiger charge is -2.57. The van der Waals surface area contributed by atoms with Crippen molar-refractivity contribution in [3.63, 3.8) is 0 Å². The first kappa shape index (κ1) is 11.8. The second-order valence-electron chi connectivity index (χ2n) is 2.53. The molecule has 0 aromatic heterocycles. The van der Waals surface area contributed by atoms with Gasteiger partial charge in [0.15, 0.2) is 0 Å². The zero-order chi connectivity index (χ0) is 9.78. The molecule has 1 unspecified atom stereocenters. The monoisotopic (exact) mass is 175 g/mol. The van der Waals surface area contributed by atoms with Crippen LogP contribution in [0.2, 0.25) is 0 Å². The fourth-order valence-electron chi connectivity index (χ4n) is 1.14. The molecule has 6 nitrogen and oxygen atoms in total. The third-order valence-corrected chi connectivity index (χ3v) is 1.83. The van der Waals surface area contributed by atoms with Gasteiger partial charge >= 0.3 is 0 Å². The Morgan fingerprint density at radius 3 is 1.75 bits per heavy atom. The van der Waals surface area contributed by atoms with Crippen molar-refractivity contribution in [2.45, 2.75) is 0 Å². The number of hydrogen-bond acceptors (Lipinski definition) is 3. The number of hydrogen-bond donors (Lipinski definition) is 1. The highest BCUT2D eigenvalue weighted by Crippen LogP contribution is 2.15. The average Bonchev–Trinajstić information content (AvgIpc) is 2.06. The van der Waals surface area contributed by atoms with Crippen molar-refractivity contribution in [2.75, 3.05) is 42.3 Å². The van der Waals surface area contributed by atoms with Crippen LogP contribution in [-0.4, -0.2) is 57.3 Å². The van der Waals surface area contributed by atoms with Gasteiger partial charge in [0.1, 0.15) is 0 Å². The Balaban J connectivity index is 4.56. The molecule has 0 amide bonds. The van der Waals surface area contributed by atoms with Gasteiger partial charge in [-0.15, -0.1) is 24.5 Å². The number of nitrogens with one attached hydrogen (secondary N) is 1. The molecule has 0 spiro atoms. The molecule has 0 aliphatic heterocycles. The summed E-state index contributed by atoms with van der Waals surface area (Å²) >= 11 is 0. The Bertz CT molecular complexity index is 121. The highest BCUT2D eigenvalue weighted by Gasteiger charge is 2.20. The smallest absolute Gasteiger partial charge is 0.0393 e. The molecule has 0 bridgehead atoms. The SMILES string of the molecule is C[N-]N(C)[N+]([N-]C)(NC)N(C)C. The lowest BCUT2D eigenvalue weighted by Crippen LogP contribution is -2.67. The number of rotatable bonds is 5. The van der Waals surface area contributed by atoms with Crippen molar-refractivity contribution < 1.29 is 4.92 Å². The van der Waals surface area contributed by atoms with E-state index in [1.165, 1.54) is 0 Å². The van der Waals surface area contributed by atoms with Crippen LogP contribution in [0, 0.1) is 0 Å². The summed E-state index contributed by atoms with van der Waals surface area (Å²) in [6, 6.07) is 0. The van der Waals surface area contributed by atoms with E-state index in [-0.39, 0.29) is 4.92 Å². The molecule has 0 heterocycles. The highest BCUT2D eigenvalue weighted by atomic mass is 16.2. The summed E-state index contributed by atoms with van der Waals surface area (Å²) < 4.78 is 0. The van der Waals surface area contributed by atoms with E-state index >= 15 is 0 Å². The van der Waals surface area contributed by atoms with Gasteiger partial charge in [0, 0.05) is 28.2 Å². The van der Waals surface area contributed by atoms with Crippen LogP contribution in [0.4, 0.5) is 0 Å². The Labute approximate surface area is 74.6 Å². The molecule has 0 aromatic carbocycles. The van der Waals surface area contributed by atoms with Crippen LogP contribution in [0.15, 0.2) is 0 Å². The van der Waals surface area contributed by atoms with E-state index in [1.54, 1.807) is 19.2 Å². The first-order valence-electron chi connectivity index (χ1n) is 3.76. The normalized spacial score (nSPS) is 17.0. The third kappa shape index (κ3) is 1.92. The minimum absolute atomic E-state index is 0.149. The van der Waals surface area contributed by atoms with Crippen molar-refractivity contribution in [3.05, 3.63) is 10.9 Å². The lowest BCUT2D eigenvalue weighted by atomic mass is 11.1. The molecule has 0 fully saturated rings. The summed E-state index contributed by atoms with van der Waals surface area (Å²) in [5.74, 6) is 0. The van der Waals surface area contributed by atoms with E-state index in [1.807, 2.05) is 33.2 Å². The summed E-state index contributed by atoms with van der Waals surface area (Å²) in [5, 5.41) is 3.60. The minimum atomic E-state index is 0.149. The van der Waals surface area contributed by atoms with Gasteiger partial charge in [0.2, 0.25) is 0 Å². The molecule has 0 aromatic rings. The van der Waals surface area contributed by atoms with Crippen LogP contribution in [0.1, 0.15) is 0 Å². The number of nitrogens with zero attached hydrogens (tertiary/aromatic N) is 5. The fraction of sp³-hybridized carbons (Fsp3) is 1.00. The van der Waals surface area contributed by atoms with Gasteiger partial charge in [-0.1, -0.05) is 0 Å². The maximum atomic E-state index is 4.19. The quantitative estimate of drug-likeness (QED) is 0.476. The van der Waals surface area contributed by atoms with Gasteiger partial charge in [-0.2, -0.15) is 4.92 Å². The van der Waals surface area contributed by atoms with Gasteiger partial charge in [-0.25, -0.2) is 5.12 Å². The van der Waals surface area contributed by atoms with E-state index in [9.17, 15) is 0 Å².